The third-order valence-electron chi connectivity index (χ3n) is 3.92. The smallest absolute Gasteiger partial charge is 0.247 e. The van der Waals surface area contributed by atoms with Crippen LogP contribution in [-0.4, -0.2) is 16.7 Å². The number of nitrogens with zero attached hydrogens (tertiary/aromatic N) is 2. The van der Waals surface area contributed by atoms with Crippen LogP contribution in [0.1, 0.15) is 32.1 Å². The van der Waals surface area contributed by atoms with Gasteiger partial charge in [-0.3, -0.25) is 0 Å². The van der Waals surface area contributed by atoms with Gasteiger partial charge in [0.05, 0.1) is 5.54 Å². The first-order valence-corrected chi connectivity index (χ1v) is 6.80. The van der Waals surface area contributed by atoms with E-state index in [4.69, 9.17) is 4.52 Å². The van der Waals surface area contributed by atoms with Gasteiger partial charge in [-0.05, 0) is 37.9 Å². The van der Waals surface area contributed by atoms with E-state index in [0.717, 1.165) is 37.9 Å². The Morgan fingerprint density at radius 3 is 2.57 bits per heavy atom. The molecular formula is C14H14F3N3O. The first-order valence-electron chi connectivity index (χ1n) is 6.80. The molecule has 0 saturated carbocycles. The van der Waals surface area contributed by atoms with Crippen LogP contribution in [0.2, 0.25) is 0 Å². The Hall–Kier alpha value is -1.89. The molecule has 1 aliphatic heterocycles. The Bertz CT molecular complexity index is 642. The summed E-state index contributed by atoms with van der Waals surface area (Å²) >= 11 is 0. The molecule has 0 amide bonds. The molecule has 1 unspecified atom stereocenters. The highest BCUT2D eigenvalue weighted by Gasteiger charge is 2.39. The second kappa shape index (κ2) is 5.14. The Morgan fingerprint density at radius 1 is 1.29 bits per heavy atom. The lowest BCUT2D eigenvalue weighted by atomic mass is 9.94. The predicted octanol–water partition coefficient (Wildman–Crippen LogP) is 3.14. The molecule has 21 heavy (non-hydrogen) atoms. The lowest BCUT2D eigenvalue weighted by Gasteiger charge is -2.22. The van der Waals surface area contributed by atoms with E-state index in [9.17, 15) is 13.2 Å². The third kappa shape index (κ3) is 2.31. The fraction of sp³-hybridized carbons (Fsp3) is 0.429. The number of nitrogens with one attached hydrogen (secondary N) is 1. The van der Waals surface area contributed by atoms with Gasteiger partial charge in [0, 0.05) is 5.56 Å². The van der Waals surface area contributed by atoms with Crippen LogP contribution >= 0.6 is 0 Å². The van der Waals surface area contributed by atoms with Gasteiger partial charge in [0.15, 0.2) is 17.5 Å². The van der Waals surface area contributed by atoms with Gasteiger partial charge in [-0.15, -0.1) is 0 Å². The molecule has 1 N–H and O–H groups in total. The third-order valence-corrected chi connectivity index (χ3v) is 3.92. The molecule has 1 fully saturated rings. The largest absolute Gasteiger partial charge is 0.337 e. The molecule has 4 nitrogen and oxygen atoms in total. The Labute approximate surface area is 119 Å². The SMILES string of the molecule is CCC1(c2nc(-c3cc(F)c(F)c(F)c3)no2)CCCN1. The Balaban J connectivity index is 1.99. The minimum atomic E-state index is -1.51. The minimum Gasteiger partial charge on any atom is -0.337 e. The molecule has 2 aromatic rings. The molecule has 7 heteroatoms. The van der Waals surface area contributed by atoms with Gasteiger partial charge >= 0.3 is 0 Å². The van der Waals surface area contributed by atoms with Crippen molar-refractivity contribution in [3.05, 3.63) is 35.5 Å². The van der Waals surface area contributed by atoms with Gasteiger partial charge in [-0.25, -0.2) is 13.2 Å². The number of benzene rings is 1. The van der Waals surface area contributed by atoms with Crippen LogP contribution in [0.15, 0.2) is 16.7 Å². The number of hydrogen-bond acceptors (Lipinski definition) is 4. The van der Waals surface area contributed by atoms with Crippen molar-refractivity contribution in [2.75, 3.05) is 6.54 Å². The van der Waals surface area contributed by atoms with Gasteiger partial charge in [0.25, 0.3) is 0 Å². The van der Waals surface area contributed by atoms with Crippen molar-refractivity contribution in [1.82, 2.24) is 15.5 Å². The summed E-state index contributed by atoms with van der Waals surface area (Å²) in [5.74, 6) is -3.63. The molecule has 0 aliphatic carbocycles. The Kier molecular flexibility index (Phi) is 3.44. The van der Waals surface area contributed by atoms with E-state index < -0.39 is 17.5 Å². The summed E-state index contributed by atoms with van der Waals surface area (Å²) in [4.78, 5) is 4.22. The van der Waals surface area contributed by atoms with E-state index in [-0.39, 0.29) is 16.9 Å². The number of rotatable bonds is 3. The zero-order chi connectivity index (χ0) is 15.0. The zero-order valence-electron chi connectivity index (χ0n) is 11.4. The van der Waals surface area contributed by atoms with E-state index in [1.807, 2.05) is 6.92 Å². The molecule has 1 aromatic heterocycles. The number of aromatic nitrogens is 2. The van der Waals surface area contributed by atoms with Gasteiger partial charge < -0.3 is 9.84 Å². The molecule has 112 valence electrons. The first kappa shape index (κ1) is 14.1. The van der Waals surface area contributed by atoms with E-state index in [1.165, 1.54) is 0 Å². The van der Waals surface area contributed by atoms with Crippen LogP contribution in [0.5, 0.6) is 0 Å². The van der Waals surface area contributed by atoms with Gasteiger partial charge in [0.2, 0.25) is 11.7 Å². The van der Waals surface area contributed by atoms with Crippen molar-refractivity contribution < 1.29 is 17.7 Å². The van der Waals surface area contributed by atoms with Crippen LogP contribution in [0, 0.1) is 17.5 Å². The van der Waals surface area contributed by atoms with Crippen molar-refractivity contribution in [3.8, 4) is 11.4 Å². The molecule has 0 bridgehead atoms. The van der Waals surface area contributed by atoms with Crippen molar-refractivity contribution in [2.24, 2.45) is 0 Å². The summed E-state index contributed by atoms with van der Waals surface area (Å²) in [6.45, 7) is 2.85. The molecule has 1 aliphatic rings. The monoisotopic (exact) mass is 297 g/mol. The molecule has 1 atom stereocenters. The average molecular weight is 297 g/mol. The molecular weight excluding hydrogens is 283 g/mol. The van der Waals surface area contributed by atoms with Crippen LogP contribution < -0.4 is 5.32 Å². The summed E-state index contributed by atoms with van der Waals surface area (Å²) in [6, 6.07) is 1.71. The maximum Gasteiger partial charge on any atom is 0.247 e. The predicted molar refractivity (Wildman–Crippen MR) is 68.8 cm³/mol. The Morgan fingerprint density at radius 2 is 2.00 bits per heavy atom. The van der Waals surface area contributed by atoms with E-state index in [0.29, 0.717) is 5.89 Å². The van der Waals surface area contributed by atoms with Crippen LogP contribution in [0.25, 0.3) is 11.4 Å². The fourth-order valence-electron chi connectivity index (χ4n) is 2.66. The molecule has 0 radical (unpaired) electrons. The quantitative estimate of drug-likeness (QED) is 0.884. The highest BCUT2D eigenvalue weighted by Crippen LogP contribution is 2.34. The van der Waals surface area contributed by atoms with E-state index in [1.54, 1.807) is 0 Å². The summed E-state index contributed by atoms with van der Waals surface area (Å²) in [7, 11) is 0. The van der Waals surface area contributed by atoms with Crippen molar-refractivity contribution in [3.63, 3.8) is 0 Å². The highest BCUT2D eigenvalue weighted by atomic mass is 19.2. The maximum atomic E-state index is 13.3. The van der Waals surface area contributed by atoms with E-state index in [2.05, 4.69) is 15.5 Å². The summed E-state index contributed by atoms with van der Waals surface area (Å²) in [6.07, 6.45) is 2.61. The second-order valence-corrected chi connectivity index (χ2v) is 5.14. The van der Waals surface area contributed by atoms with Crippen LogP contribution in [-0.2, 0) is 5.54 Å². The molecule has 1 aromatic carbocycles. The molecule has 0 spiro atoms. The summed E-state index contributed by atoms with van der Waals surface area (Å²) < 4.78 is 44.7. The average Bonchev–Trinajstić information content (AvgIpc) is 3.13. The van der Waals surface area contributed by atoms with Crippen LogP contribution in [0.4, 0.5) is 13.2 Å². The van der Waals surface area contributed by atoms with Crippen molar-refractivity contribution in [1.29, 1.82) is 0 Å². The minimum absolute atomic E-state index is 0.0457. The van der Waals surface area contributed by atoms with Crippen molar-refractivity contribution in [2.45, 2.75) is 31.7 Å². The molecule has 1 saturated heterocycles. The van der Waals surface area contributed by atoms with Crippen LogP contribution in [0.3, 0.4) is 0 Å². The zero-order valence-corrected chi connectivity index (χ0v) is 11.4. The lowest BCUT2D eigenvalue weighted by molar-refractivity contribution is 0.250. The van der Waals surface area contributed by atoms with Gasteiger partial charge in [-0.1, -0.05) is 12.1 Å². The van der Waals surface area contributed by atoms with Crippen molar-refractivity contribution >= 4 is 0 Å². The normalized spacial score (nSPS) is 21.9. The standard InChI is InChI=1S/C14H14F3N3O/c1-2-14(4-3-5-18-14)13-19-12(20-21-13)8-6-9(15)11(17)10(16)7-8/h6-7,18H,2-5H2,1H3. The first-order chi connectivity index (χ1) is 10.1. The summed E-state index contributed by atoms with van der Waals surface area (Å²) in [5.41, 5.74) is -0.340. The topological polar surface area (TPSA) is 51.0 Å². The van der Waals surface area contributed by atoms with E-state index >= 15 is 0 Å². The summed E-state index contributed by atoms with van der Waals surface area (Å²) in [5, 5.41) is 7.08. The van der Waals surface area contributed by atoms with Gasteiger partial charge in [-0.2, -0.15) is 4.98 Å². The second-order valence-electron chi connectivity index (χ2n) is 5.14. The lowest BCUT2D eigenvalue weighted by Crippen LogP contribution is -2.36. The molecule has 2 heterocycles. The van der Waals surface area contributed by atoms with Gasteiger partial charge in [0.1, 0.15) is 0 Å². The number of hydrogen-bond donors (Lipinski definition) is 1. The number of halogens is 3. The maximum absolute atomic E-state index is 13.3. The highest BCUT2D eigenvalue weighted by molar-refractivity contribution is 5.54. The fourth-order valence-corrected chi connectivity index (χ4v) is 2.66. The molecule has 3 rings (SSSR count).